The summed E-state index contributed by atoms with van der Waals surface area (Å²) in [5.74, 6) is 0.743. The molecule has 190 valence electrons. The summed E-state index contributed by atoms with van der Waals surface area (Å²) in [7, 11) is 0. The number of carbonyl (C=O) groups excluding carboxylic acids is 2. The van der Waals surface area contributed by atoms with Gasteiger partial charge in [0.05, 0.1) is 5.75 Å². The number of nitrogens with zero attached hydrogens (tertiary/aromatic N) is 1. The van der Waals surface area contributed by atoms with Crippen LogP contribution in [0.4, 0.5) is 0 Å². The van der Waals surface area contributed by atoms with E-state index >= 15 is 0 Å². The standard InChI is InChI=1S/C30H35ClN2O2S/c1-3-4-18-32-30(35)28(19-24-13-6-5-7-14-24)33(20-25-15-9-8-12-23(25)2)29(34)22-36-21-26-16-10-11-17-27(26)31/h5-17,28H,3-4,18-22H2,1-2H3,(H,32,35). The second-order valence-corrected chi connectivity index (χ2v) is 10.3. The molecule has 0 radical (unpaired) electrons. The molecule has 2 amide bonds. The number of aryl methyl sites for hydroxylation is 1. The third kappa shape index (κ3) is 8.42. The highest BCUT2D eigenvalue weighted by molar-refractivity contribution is 7.99. The fourth-order valence-electron chi connectivity index (χ4n) is 3.98. The lowest BCUT2D eigenvalue weighted by Crippen LogP contribution is -2.51. The number of hydrogen-bond acceptors (Lipinski definition) is 3. The van der Waals surface area contributed by atoms with Crippen LogP contribution >= 0.6 is 23.4 Å². The third-order valence-corrected chi connectivity index (χ3v) is 7.48. The van der Waals surface area contributed by atoms with E-state index in [1.54, 1.807) is 4.90 Å². The van der Waals surface area contributed by atoms with Gasteiger partial charge in [-0.25, -0.2) is 0 Å². The molecule has 4 nitrogen and oxygen atoms in total. The number of thioether (sulfide) groups is 1. The lowest BCUT2D eigenvalue weighted by molar-refractivity contribution is -0.139. The first-order valence-corrected chi connectivity index (χ1v) is 14.0. The van der Waals surface area contributed by atoms with E-state index in [9.17, 15) is 9.59 Å². The van der Waals surface area contributed by atoms with Gasteiger partial charge in [0.25, 0.3) is 0 Å². The maximum Gasteiger partial charge on any atom is 0.243 e. The summed E-state index contributed by atoms with van der Waals surface area (Å²) in [4.78, 5) is 28.9. The smallest absolute Gasteiger partial charge is 0.243 e. The van der Waals surface area contributed by atoms with Crippen molar-refractivity contribution in [3.8, 4) is 0 Å². The maximum atomic E-state index is 13.7. The zero-order valence-electron chi connectivity index (χ0n) is 21.1. The lowest BCUT2D eigenvalue weighted by Gasteiger charge is -2.32. The molecule has 0 spiro atoms. The first-order valence-electron chi connectivity index (χ1n) is 12.5. The topological polar surface area (TPSA) is 49.4 Å². The minimum atomic E-state index is -0.600. The summed E-state index contributed by atoms with van der Waals surface area (Å²) in [5.41, 5.74) is 4.17. The Hall–Kier alpha value is -2.76. The summed E-state index contributed by atoms with van der Waals surface area (Å²) in [5, 5.41) is 3.77. The van der Waals surface area contributed by atoms with E-state index in [0.29, 0.717) is 30.3 Å². The predicted molar refractivity (Wildman–Crippen MR) is 151 cm³/mol. The van der Waals surface area contributed by atoms with Crippen molar-refractivity contribution in [2.45, 2.75) is 51.4 Å². The molecule has 0 saturated carbocycles. The summed E-state index contributed by atoms with van der Waals surface area (Å²) in [6.07, 6.45) is 2.36. The number of benzene rings is 3. The quantitative estimate of drug-likeness (QED) is 0.263. The van der Waals surface area contributed by atoms with E-state index in [0.717, 1.165) is 35.1 Å². The van der Waals surface area contributed by atoms with Crippen LogP contribution in [0.5, 0.6) is 0 Å². The normalized spacial score (nSPS) is 11.6. The first kappa shape index (κ1) is 27.8. The highest BCUT2D eigenvalue weighted by atomic mass is 35.5. The van der Waals surface area contributed by atoms with Crippen LogP contribution < -0.4 is 5.32 Å². The molecule has 6 heteroatoms. The molecule has 1 unspecified atom stereocenters. The summed E-state index contributed by atoms with van der Waals surface area (Å²) >= 11 is 7.83. The molecular weight excluding hydrogens is 488 g/mol. The van der Waals surface area contributed by atoms with Crippen LogP contribution in [-0.2, 0) is 28.3 Å². The van der Waals surface area contributed by atoms with Gasteiger partial charge in [-0.05, 0) is 41.7 Å². The number of hydrogen-bond donors (Lipinski definition) is 1. The summed E-state index contributed by atoms with van der Waals surface area (Å²) < 4.78 is 0. The molecule has 0 aromatic heterocycles. The highest BCUT2D eigenvalue weighted by Crippen LogP contribution is 2.23. The van der Waals surface area contributed by atoms with E-state index in [1.165, 1.54) is 11.8 Å². The van der Waals surface area contributed by atoms with E-state index in [2.05, 4.69) is 12.2 Å². The van der Waals surface area contributed by atoms with Crippen molar-refractivity contribution in [2.75, 3.05) is 12.3 Å². The zero-order chi connectivity index (χ0) is 25.8. The Morgan fingerprint density at radius 2 is 1.61 bits per heavy atom. The van der Waals surface area contributed by atoms with E-state index in [4.69, 9.17) is 11.6 Å². The Balaban J connectivity index is 1.85. The number of halogens is 1. The van der Waals surface area contributed by atoms with Crippen LogP contribution in [-0.4, -0.2) is 35.1 Å². The van der Waals surface area contributed by atoms with Crippen molar-refractivity contribution in [3.05, 3.63) is 106 Å². The summed E-state index contributed by atoms with van der Waals surface area (Å²) in [6.45, 7) is 5.13. The van der Waals surface area contributed by atoms with Crippen LogP contribution in [0.15, 0.2) is 78.9 Å². The zero-order valence-corrected chi connectivity index (χ0v) is 22.7. The van der Waals surface area contributed by atoms with Gasteiger partial charge >= 0.3 is 0 Å². The molecule has 3 aromatic rings. The summed E-state index contributed by atoms with van der Waals surface area (Å²) in [6, 6.07) is 25.0. The van der Waals surface area contributed by atoms with Crippen LogP contribution in [0, 0.1) is 6.92 Å². The molecule has 0 bridgehead atoms. The average Bonchev–Trinajstić information content (AvgIpc) is 2.89. The highest BCUT2D eigenvalue weighted by Gasteiger charge is 2.30. The molecule has 0 saturated heterocycles. The van der Waals surface area contributed by atoms with Gasteiger partial charge in [0.2, 0.25) is 11.8 Å². The molecule has 3 rings (SSSR count). The minimum absolute atomic E-state index is 0.0538. The number of carbonyl (C=O) groups is 2. The van der Waals surface area contributed by atoms with Crippen molar-refractivity contribution < 1.29 is 9.59 Å². The largest absolute Gasteiger partial charge is 0.354 e. The van der Waals surface area contributed by atoms with Gasteiger partial charge in [0.1, 0.15) is 6.04 Å². The van der Waals surface area contributed by atoms with Crippen molar-refractivity contribution in [3.63, 3.8) is 0 Å². The van der Waals surface area contributed by atoms with Crippen molar-refractivity contribution in [1.82, 2.24) is 10.2 Å². The van der Waals surface area contributed by atoms with Crippen molar-refractivity contribution in [2.24, 2.45) is 0 Å². The second-order valence-electron chi connectivity index (χ2n) is 8.88. The van der Waals surface area contributed by atoms with Crippen LogP contribution in [0.3, 0.4) is 0 Å². The molecule has 1 N–H and O–H groups in total. The van der Waals surface area contributed by atoms with Gasteiger partial charge < -0.3 is 10.2 Å². The van der Waals surface area contributed by atoms with Crippen molar-refractivity contribution >= 4 is 35.2 Å². The van der Waals surface area contributed by atoms with Gasteiger partial charge in [-0.15, -0.1) is 11.8 Å². The van der Waals surface area contributed by atoms with Gasteiger partial charge in [-0.1, -0.05) is 97.7 Å². The predicted octanol–water partition coefficient (Wildman–Crippen LogP) is 6.44. The van der Waals surface area contributed by atoms with Crippen LogP contribution in [0.1, 0.15) is 42.0 Å². The fourth-order valence-corrected chi connectivity index (χ4v) is 5.17. The Morgan fingerprint density at radius 3 is 2.31 bits per heavy atom. The van der Waals surface area contributed by atoms with Gasteiger partial charge in [0, 0.05) is 30.3 Å². The molecule has 0 aliphatic heterocycles. The van der Waals surface area contributed by atoms with Gasteiger partial charge in [-0.2, -0.15) is 0 Å². The fraction of sp³-hybridized carbons (Fsp3) is 0.333. The molecule has 1 atom stereocenters. The number of rotatable bonds is 13. The van der Waals surface area contributed by atoms with Crippen LogP contribution in [0.2, 0.25) is 5.02 Å². The number of unbranched alkanes of at least 4 members (excludes halogenated alkanes) is 1. The number of nitrogens with one attached hydrogen (secondary N) is 1. The van der Waals surface area contributed by atoms with Crippen molar-refractivity contribution in [1.29, 1.82) is 0 Å². The Morgan fingerprint density at radius 1 is 0.944 bits per heavy atom. The van der Waals surface area contributed by atoms with E-state index < -0.39 is 6.04 Å². The van der Waals surface area contributed by atoms with Crippen LogP contribution in [0.25, 0.3) is 0 Å². The average molecular weight is 523 g/mol. The number of amides is 2. The molecule has 36 heavy (non-hydrogen) atoms. The Bertz CT molecular complexity index is 1120. The Labute approximate surface area is 224 Å². The lowest BCUT2D eigenvalue weighted by atomic mass is 10.0. The molecule has 0 heterocycles. The monoisotopic (exact) mass is 522 g/mol. The molecule has 0 aliphatic carbocycles. The second kappa shape index (κ2) is 14.7. The SMILES string of the molecule is CCCCNC(=O)C(Cc1ccccc1)N(Cc1ccccc1C)C(=O)CSCc1ccccc1Cl. The van der Waals surface area contributed by atoms with Gasteiger partial charge in [0.15, 0.2) is 0 Å². The van der Waals surface area contributed by atoms with E-state index in [1.807, 2.05) is 85.8 Å². The van der Waals surface area contributed by atoms with E-state index in [-0.39, 0.29) is 17.6 Å². The molecule has 0 fully saturated rings. The third-order valence-electron chi connectivity index (χ3n) is 6.14. The van der Waals surface area contributed by atoms with Gasteiger partial charge in [-0.3, -0.25) is 9.59 Å². The molecular formula is C30H35ClN2O2S. The molecule has 3 aromatic carbocycles. The maximum absolute atomic E-state index is 13.7. The minimum Gasteiger partial charge on any atom is -0.354 e. The molecule has 0 aliphatic rings. The first-order chi connectivity index (χ1) is 17.5. The Kier molecular flexibility index (Phi) is 11.4.